The van der Waals surface area contributed by atoms with Crippen LogP contribution < -0.4 is 10.9 Å². The second-order valence-electron chi connectivity index (χ2n) is 6.03. The number of aromatic nitrogens is 4. The normalized spacial score (nSPS) is 15.4. The van der Waals surface area contributed by atoms with Crippen LogP contribution in [0.15, 0.2) is 16.9 Å². The Bertz CT molecular complexity index is 697. The number of aryl methyl sites for hydroxylation is 2. The average Bonchev–Trinajstić information content (AvgIpc) is 3.13. The summed E-state index contributed by atoms with van der Waals surface area (Å²) in [5.41, 5.74) is 1.53. The number of hydrogen-bond acceptors (Lipinski definition) is 4. The summed E-state index contributed by atoms with van der Waals surface area (Å²) in [5.74, 6) is 2.10. The highest BCUT2D eigenvalue weighted by Gasteiger charge is 2.16. The summed E-state index contributed by atoms with van der Waals surface area (Å²) in [7, 11) is 0. The largest absolute Gasteiger partial charge is 0.370 e. The van der Waals surface area contributed by atoms with Gasteiger partial charge in [-0.05, 0) is 32.1 Å². The lowest BCUT2D eigenvalue weighted by Gasteiger charge is -2.13. The van der Waals surface area contributed by atoms with Crippen LogP contribution in [0.4, 0.5) is 5.82 Å². The van der Waals surface area contributed by atoms with Crippen LogP contribution in [0.5, 0.6) is 0 Å². The third kappa shape index (κ3) is 3.21. The highest BCUT2D eigenvalue weighted by molar-refractivity contribution is 5.41. The first-order valence-corrected chi connectivity index (χ1v) is 8.07. The van der Waals surface area contributed by atoms with E-state index in [0.717, 1.165) is 36.1 Å². The summed E-state index contributed by atoms with van der Waals surface area (Å²) in [6.45, 7) is 4.88. The average molecular weight is 301 g/mol. The molecular formula is C16H23N5O. The van der Waals surface area contributed by atoms with Gasteiger partial charge in [-0.2, -0.15) is 9.78 Å². The zero-order valence-corrected chi connectivity index (χ0v) is 13.2. The summed E-state index contributed by atoms with van der Waals surface area (Å²) >= 11 is 0. The maximum Gasteiger partial charge on any atom is 0.252 e. The summed E-state index contributed by atoms with van der Waals surface area (Å²) in [6, 6.07) is 3.53. The molecule has 1 saturated carbocycles. The standard InChI is InChI=1S/C16H23N5O/c1-3-13-9-15(22)19-16(18-13)21-14(8-11(2)20-21)17-10-12-6-4-5-7-12/h8-9,12,17H,3-7,10H2,1-2H3,(H,18,19,22). The van der Waals surface area contributed by atoms with E-state index in [-0.39, 0.29) is 5.56 Å². The first-order chi connectivity index (χ1) is 10.7. The van der Waals surface area contributed by atoms with Crippen LogP contribution in [0.3, 0.4) is 0 Å². The van der Waals surface area contributed by atoms with Crippen molar-refractivity contribution in [1.82, 2.24) is 19.7 Å². The molecule has 2 heterocycles. The summed E-state index contributed by atoms with van der Waals surface area (Å²) in [5, 5.41) is 7.93. The van der Waals surface area contributed by atoms with E-state index in [1.165, 1.54) is 31.7 Å². The smallest absolute Gasteiger partial charge is 0.252 e. The Morgan fingerprint density at radius 2 is 2.14 bits per heavy atom. The molecule has 1 aliphatic carbocycles. The number of anilines is 1. The van der Waals surface area contributed by atoms with E-state index in [1.54, 1.807) is 4.68 Å². The van der Waals surface area contributed by atoms with E-state index in [1.807, 2.05) is 19.9 Å². The molecule has 0 spiro atoms. The van der Waals surface area contributed by atoms with Gasteiger partial charge in [0.25, 0.3) is 5.56 Å². The lowest BCUT2D eigenvalue weighted by Crippen LogP contribution is -2.18. The fourth-order valence-electron chi connectivity index (χ4n) is 3.03. The van der Waals surface area contributed by atoms with Gasteiger partial charge >= 0.3 is 0 Å². The second-order valence-corrected chi connectivity index (χ2v) is 6.03. The van der Waals surface area contributed by atoms with Crippen molar-refractivity contribution in [1.29, 1.82) is 0 Å². The summed E-state index contributed by atoms with van der Waals surface area (Å²) in [4.78, 5) is 19.0. The SMILES string of the molecule is CCc1cc(=O)[nH]c(-n2nc(C)cc2NCC2CCCC2)n1. The van der Waals surface area contributed by atoms with Crippen LogP contribution >= 0.6 is 0 Å². The quantitative estimate of drug-likeness (QED) is 0.889. The van der Waals surface area contributed by atoms with Gasteiger partial charge in [0.2, 0.25) is 5.95 Å². The molecule has 0 aromatic carbocycles. The van der Waals surface area contributed by atoms with Crippen molar-refractivity contribution >= 4 is 5.82 Å². The second kappa shape index (κ2) is 6.34. The molecule has 1 aliphatic rings. The van der Waals surface area contributed by atoms with Gasteiger partial charge in [0.1, 0.15) is 5.82 Å². The minimum absolute atomic E-state index is 0.142. The monoisotopic (exact) mass is 301 g/mol. The predicted octanol–water partition coefficient (Wildman–Crippen LogP) is 2.43. The third-order valence-electron chi connectivity index (χ3n) is 4.22. The van der Waals surface area contributed by atoms with E-state index in [0.29, 0.717) is 5.95 Å². The van der Waals surface area contributed by atoms with E-state index < -0.39 is 0 Å². The molecule has 118 valence electrons. The minimum Gasteiger partial charge on any atom is -0.370 e. The van der Waals surface area contributed by atoms with Gasteiger partial charge in [-0.15, -0.1) is 0 Å². The van der Waals surface area contributed by atoms with Gasteiger partial charge in [0, 0.05) is 24.4 Å². The molecule has 0 atom stereocenters. The van der Waals surface area contributed by atoms with Gasteiger partial charge in [-0.3, -0.25) is 9.78 Å². The number of rotatable bonds is 5. The highest BCUT2D eigenvalue weighted by Crippen LogP contribution is 2.25. The molecule has 0 amide bonds. The molecule has 1 fully saturated rings. The number of H-pyrrole nitrogens is 1. The predicted molar refractivity (Wildman–Crippen MR) is 86.5 cm³/mol. The van der Waals surface area contributed by atoms with Crippen molar-refractivity contribution in [2.45, 2.75) is 46.0 Å². The maximum atomic E-state index is 11.8. The Morgan fingerprint density at radius 1 is 1.36 bits per heavy atom. The lowest BCUT2D eigenvalue weighted by molar-refractivity contribution is 0.577. The first-order valence-electron chi connectivity index (χ1n) is 8.07. The molecule has 0 radical (unpaired) electrons. The van der Waals surface area contributed by atoms with Gasteiger partial charge in [-0.25, -0.2) is 4.98 Å². The molecular weight excluding hydrogens is 278 g/mol. The Kier molecular flexibility index (Phi) is 4.27. The minimum atomic E-state index is -0.142. The van der Waals surface area contributed by atoms with E-state index in [9.17, 15) is 4.79 Å². The molecule has 0 saturated heterocycles. The zero-order valence-electron chi connectivity index (χ0n) is 13.2. The lowest BCUT2D eigenvalue weighted by atomic mass is 10.1. The van der Waals surface area contributed by atoms with E-state index in [4.69, 9.17) is 0 Å². The van der Waals surface area contributed by atoms with E-state index in [2.05, 4.69) is 20.4 Å². The van der Waals surface area contributed by atoms with E-state index >= 15 is 0 Å². The van der Waals surface area contributed by atoms with Crippen LogP contribution in [0.2, 0.25) is 0 Å². The molecule has 2 N–H and O–H groups in total. The van der Waals surface area contributed by atoms with Gasteiger partial charge in [0.05, 0.1) is 5.69 Å². The first kappa shape index (κ1) is 14.8. The zero-order chi connectivity index (χ0) is 15.5. The molecule has 2 aromatic heterocycles. The molecule has 0 aliphatic heterocycles. The molecule has 0 unspecified atom stereocenters. The molecule has 3 rings (SSSR count). The molecule has 6 nitrogen and oxygen atoms in total. The topological polar surface area (TPSA) is 75.6 Å². The molecule has 6 heteroatoms. The fraction of sp³-hybridized carbons (Fsp3) is 0.562. The van der Waals surface area contributed by atoms with Crippen molar-refractivity contribution in [3.8, 4) is 5.95 Å². The molecule has 0 bridgehead atoms. The maximum absolute atomic E-state index is 11.8. The highest BCUT2D eigenvalue weighted by atomic mass is 16.1. The van der Waals surface area contributed by atoms with Crippen molar-refractivity contribution in [2.24, 2.45) is 5.92 Å². The van der Waals surface area contributed by atoms with Gasteiger partial charge in [-0.1, -0.05) is 19.8 Å². The van der Waals surface area contributed by atoms with Crippen LogP contribution in [-0.2, 0) is 6.42 Å². The molecule has 2 aromatic rings. The fourth-order valence-corrected chi connectivity index (χ4v) is 3.03. The van der Waals surface area contributed by atoms with Gasteiger partial charge in [0.15, 0.2) is 0 Å². The number of nitrogens with zero attached hydrogens (tertiary/aromatic N) is 3. The third-order valence-corrected chi connectivity index (χ3v) is 4.22. The van der Waals surface area contributed by atoms with Crippen molar-refractivity contribution < 1.29 is 0 Å². The number of nitrogens with one attached hydrogen (secondary N) is 2. The Labute approximate surface area is 130 Å². The number of hydrogen-bond donors (Lipinski definition) is 2. The summed E-state index contributed by atoms with van der Waals surface area (Å²) in [6.07, 6.45) is 5.97. The Hall–Kier alpha value is -2.11. The summed E-state index contributed by atoms with van der Waals surface area (Å²) < 4.78 is 1.70. The van der Waals surface area contributed by atoms with Crippen molar-refractivity contribution in [3.05, 3.63) is 33.9 Å². The van der Waals surface area contributed by atoms with Crippen LogP contribution in [-0.4, -0.2) is 26.3 Å². The Morgan fingerprint density at radius 3 is 2.86 bits per heavy atom. The van der Waals surface area contributed by atoms with Crippen LogP contribution in [0, 0.1) is 12.8 Å². The van der Waals surface area contributed by atoms with Crippen molar-refractivity contribution in [2.75, 3.05) is 11.9 Å². The van der Waals surface area contributed by atoms with Crippen LogP contribution in [0.25, 0.3) is 5.95 Å². The van der Waals surface area contributed by atoms with Gasteiger partial charge < -0.3 is 5.32 Å². The molecule has 22 heavy (non-hydrogen) atoms. The Balaban J connectivity index is 1.86. The van der Waals surface area contributed by atoms with Crippen LogP contribution in [0.1, 0.15) is 44.0 Å². The van der Waals surface area contributed by atoms with Crippen molar-refractivity contribution in [3.63, 3.8) is 0 Å². The number of aromatic amines is 1.